The Morgan fingerprint density at radius 2 is 1.90 bits per heavy atom. The number of allylic oxidation sites excluding steroid dienone is 4. The number of hydrogen-bond acceptors (Lipinski definition) is 7. The second kappa shape index (κ2) is 14.4. The van der Waals surface area contributed by atoms with Gasteiger partial charge in [0.25, 0.3) is 0 Å². The fraction of sp³-hybridized carbons (Fsp3) is 0.424. The van der Waals surface area contributed by atoms with Gasteiger partial charge in [-0.1, -0.05) is 37.6 Å². The summed E-state index contributed by atoms with van der Waals surface area (Å²) >= 11 is 3.69. The number of carbonyl (C=O) groups excluding carboxylic acids is 2. The number of Topliss-reactive ketones (excluding diaryl/α,β-unsaturated/α-hetero) is 1. The van der Waals surface area contributed by atoms with Crippen LogP contribution in [0, 0.1) is 17.2 Å². The first-order valence-corrected chi connectivity index (χ1v) is 15.3. The van der Waals surface area contributed by atoms with Crippen molar-refractivity contribution < 1.29 is 23.8 Å². The fourth-order valence-corrected chi connectivity index (χ4v) is 6.29. The molecule has 222 valence electrons. The van der Waals surface area contributed by atoms with Gasteiger partial charge in [-0.15, -0.1) is 0 Å². The molecule has 8 nitrogen and oxygen atoms in total. The number of halogens is 1. The van der Waals surface area contributed by atoms with E-state index in [1.54, 1.807) is 6.92 Å². The molecule has 0 radical (unpaired) electrons. The van der Waals surface area contributed by atoms with Crippen molar-refractivity contribution in [1.29, 1.82) is 5.26 Å². The van der Waals surface area contributed by atoms with E-state index in [-0.39, 0.29) is 12.4 Å². The molecule has 2 aliphatic rings. The summed E-state index contributed by atoms with van der Waals surface area (Å²) in [6, 6.07) is 13.9. The number of hydrogen-bond donors (Lipinski definition) is 2. The van der Waals surface area contributed by atoms with E-state index < -0.39 is 12.0 Å². The van der Waals surface area contributed by atoms with Crippen LogP contribution in [0.5, 0.6) is 11.5 Å². The summed E-state index contributed by atoms with van der Waals surface area (Å²) in [7, 11) is 0. The average molecular weight is 637 g/mol. The van der Waals surface area contributed by atoms with Gasteiger partial charge in [0.05, 0.1) is 35.2 Å². The van der Waals surface area contributed by atoms with Gasteiger partial charge >= 0.3 is 6.09 Å². The Kier molecular flexibility index (Phi) is 10.7. The summed E-state index contributed by atoms with van der Waals surface area (Å²) in [5, 5.41) is 16.3. The third-order valence-electron chi connectivity index (χ3n) is 7.48. The summed E-state index contributed by atoms with van der Waals surface area (Å²) in [6.07, 6.45) is 2.87. The number of alkyl carbamates (subject to hydrolysis) is 1. The van der Waals surface area contributed by atoms with Crippen molar-refractivity contribution in [3.05, 3.63) is 80.1 Å². The van der Waals surface area contributed by atoms with Gasteiger partial charge in [0.1, 0.15) is 6.61 Å². The lowest BCUT2D eigenvalue weighted by atomic mass is 9.72. The molecule has 1 aliphatic heterocycles. The molecular formula is C33H38BrN3O5. The first-order valence-electron chi connectivity index (χ1n) is 14.5. The molecule has 0 spiro atoms. The number of carbonyl (C=O) groups is 2. The van der Waals surface area contributed by atoms with E-state index in [4.69, 9.17) is 14.2 Å². The summed E-state index contributed by atoms with van der Waals surface area (Å²) in [4.78, 5) is 25.2. The Morgan fingerprint density at radius 3 is 2.62 bits per heavy atom. The van der Waals surface area contributed by atoms with Crippen LogP contribution in [0.2, 0.25) is 0 Å². The molecule has 42 heavy (non-hydrogen) atoms. The molecule has 2 N–H and O–H groups in total. The Hall–Kier alpha value is -3.77. The molecule has 0 aromatic heterocycles. The van der Waals surface area contributed by atoms with E-state index in [0.29, 0.717) is 59.2 Å². The van der Waals surface area contributed by atoms with E-state index >= 15 is 0 Å². The van der Waals surface area contributed by atoms with Crippen molar-refractivity contribution in [1.82, 2.24) is 10.6 Å². The highest BCUT2D eigenvalue weighted by Gasteiger charge is 2.39. The fourth-order valence-electron chi connectivity index (χ4n) is 5.71. The van der Waals surface area contributed by atoms with Crippen molar-refractivity contribution in [3.63, 3.8) is 0 Å². The third-order valence-corrected chi connectivity index (χ3v) is 8.07. The molecule has 1 heterocycles. The number of ketones is 1. The Labute approximate surface area is 256 Å². The molecule has 0 saturated heterocycles. The minimum absolute atomic E-state index is 0.0965. The van der Waals surface area contributed by atoms with Crippen LogP contribution >= 0.6 is 15.9 Å². The minimum atomic E-state index is -0.477. The predicted molar refractivity (Wildman–Crippen MR) is 164 cm³/mol. The van der Waals surface area contributed by atoms with Crippen LogP contribution in [0.3, 0.4) is 0 Å². The second-order valence-electron chi connectivity index (χ2n) is 10.5. The van der Waals surface area contributed by atoms with E-state index in [2.05, 4.69) is 39.6 Å². The zero-order valence-electron chi connectivity index (χ0n) is 24.6. The van der Waals surface area contributed by atoms with Crippen LogP contribution in [0.25, 0.3) is 0 Å². The largest absolute Gasteiger partial charge is 0.490 e. The zero-order chi connectivity index (χ0) is 30.2. The molecule has 9 heteroatoms. The summed E-state index contributed by atoms with van der Waals surface area (Å²) in [5.41, 5.74) is 5.56. The lowest BCUT2D eigenvalue weighted by Crippen LogP contribution is -2.34. The Balaban J connectivity index is 1.62. The van der Waals surface area contributed by atoms with Crippen molar-refractivity contribution in [3.8, 4) is 17.6 Å². The maximum atomic E-state index is 13.5. The Bertz CT molecular complexity index is 1440. The van der Waals surface area contributed by atoms with Gasteiger partial charge in [-0.25, -0.2) is 4.79 Å². The predicted octanol–water partition coefficient (Wildman–Crippen LogP) is 7.19. The van der Waals surface area contributed by atoms with Crippen LogP contribution in [-0.2, 0) is 22.7 Å². The minimum Gasteiger partial charge on any atom is -0.490 e. The SMILES string of the molecule is CCCC1CC(=O)C2=C(C1)NC(C)=C(C#N)C2c1cc(Br)c(OCc2cccc(CNC(=O)OCC)c2)c(OCC)c1. The molecule has 0 fully saturated rings. The van der Waals surface area contributed by atoms with Gasteiger partial charge in [0, 0.05) is 29.9 Å². The molecule has 2 unspecified atom stereocenters. The van der Waals surface area contributed by atoms with Crippen LogP contribution in [-0.4, -0.2) is 25.1 Å². The van der Waals surface area contributed by atoms with Crippen LogP contribution in [0.1, 0.15) is 76.0 Å². The molecule has 2 aromatic carbocycles. The summed E-state index contributed by atoms with van der Waals surface area (Å²) in [5.74, 6) is 1.00. The number of amides is 1. The van der Waals surface area contributed by atoms with Gasteiger partial charge in [-0.2, -0.15) is 5.26 Å². The lowest BCUT2D eigenvalue weighted by molar-refractivity contribution is -0.117. The molecule has 0 saturated carbocycles. The normalized spacial score (nSPS) is 18.1. The monoisotopic (exact) mass is 635 g/mol. The molecule has 2 atom stereocenters. The highest BCUT2D eigenvalue weighted by Crippen LogP contribution is 2.47. The summed E-state index contributed by atoms with van der Waals surface area (Å²) in [6.45, 7) is 9.05. The van der Waals surface area contributed by atoms with Crippen molar-refractivity contribution >= 4 is 27.8 Å². The standard InChI is InChI=1S/C33H38BrN3O5/c1-5-9-21-13-27-31(28(38)14-21)30(25(17-35)20(4)37-27)24-15-26(34)32(29(16-24)40-6-2)42-19-23-11-8-10-22(12-23)18-36-33(39)41-7-3/h8,10-12,15-16,21,30,37H,5-7,9,13-14,18-19H2,1-4H3,(H,36,39). The first kappa shape index (κ1) is 31.2. The highest BCUT2D eigenvalue weighted by atomic mass is 79.9. The number of ether oxygens (including phenoxy) is 3. The van der Waals surface area contributed by atoms with Crippen LogP contribution in [0.4, 0.5) is 4.79 Å². The molecule has 4 rings (SSSR count). The number of nitrogens with zero attached hydrogens (tertiary/aromatic N) is 1. The second-order valence-corrected chi connectivity index (χ2v) is 11.4. The smallest absolute Gasteiger partial charge is 0.407 e. The maximum absolute atomic E-state index is 13.5. The van der Waals surface area contributed by atoms with Gasteiger partial charge in [0.15, 0.2) is 17.3 Å². The Morgan fingerprint density at radius 1 is 1.12 bits per heavy atom. The molecule has 0 bridgehead atoms. The van der Waals surface area contributed by atoms with Crippen molar-refractivity contribution in [2.75, 3.05) is 13.2 Å². The van der Waals surface area contributed by atoms with Gasteiger partial charge in [-0.05, 0) is 84.3 Å². The number of dihydropyridines is 1. The van der Waals surface area contributed by atoms with Gasteiger partial charge < -0.3 is 24.8 Å². The average Bonchev–Trinajstić information content (AvgIpc) is 2.95. The van der Waals surface area contributed by atoms with E-state index in [1.807, 2.05) is 50.2 Å². The van der Waals surface area contributed by atoms with Crippen molar-refractivity contribution in [2.45, 2.75) is 72.4 Å². The number of rotatable bonds is 11. The van der Waals surface area contributed by atoms with E-state index in [1.165, 1.54) is 0 Å². The third kappa shape index (κ3) is 7.16. The topological polar surface area (TPSA) is 110 Å². The lowest BCUT2D eigenvalue weighted by Gasteiger charge is -2.35. The highest BCUT2D eigenvalue weighted by molar-refractivity contribution is 9.10. The van der Waals surface area contributed by atoms with Gasteiger partial charge in [0.2, 0.25) is 0 Å². The first-order chi connectivity index (χ1) is 20.3. The maximum Gasteiger partial charge on any atom is 0.407 e. The summed E-state index contributed by atoms with van der Waals surface area (Å²) < 4.78 is 17.9. The van der Waals surface area contributed by atoms with Crippen molar-refractivity contribution in [2.24, 2.45) is 5.92 Å². The molecule has 2 aromatic rings. The van der Waals surface area contributed by atoms with Gasteiger partial charge in [-0.3, -0.25) is 4.79 Å². The molecule has 1 aliphatic carbocycles. The van der Waals surface area contributed by atoms with Crippen LogP contribution in [0.15, 0.2) is 63.4 Å². The molecular weight excluding hydrogens is 598 g/mol. The van der Waals surface area contributed by atoms with Crippen LogP contribution < -0.4 is 20.1 Å². The van der Waals surface area contributed by atoms with E-state index in [9.17, 15) is 14.9 Å². The quantitative estimate of drug-likeness (QED) is 0.269. The number of nitriles is 1. The number of nitrogens with one attached hydrogen (secondary N) is 2. The molecule has 1 amide bonds. The number of benzene rings is 2. The van der Waals surface area contributed by atoms with E-state index in [0.717, 1.165) is 47.3 Å². The zero-order valence-corrected chi connectivity index (χ0v) is 26.2.